The van der Waals surface area contributed by atoms with Crippen molar-refractivity contribution in [2.45, 2.75) is 18.7 Å². The van der Waals surface area contributed by atoms with Crippen molar-refractivity contribution in [3.63, 3.8) is 0 Å². The number of rotatable bonds is 3. The van der Waals surface area contributed by atoms with Gasteiger partial charge in [-0.2, -0.15) is 0 Å². The highest BCUT2D eigenvalue weighted by Gasteiger charge is 2.15. The molecule has 0 aliphatic rings. The predicted octanol–water partition coefficient (Wildman–Crippen LogP) is 3.34. The molecule has 6 heteroatoms. The lowest BCUT2D eigenvalue weighted by molar-refractivity contribution is 0.601. The monoisotopic (exact) mass is 310 g/mol. The molecule has 0 atom stereocenters. The molecule has 0 unspecified atom stereocenters. The van der Waals surface area contributed by atoms with E-state index < -0.39 is 10.0 Å². The number of hydrogen-bond donors (Lipinski definition) is 2. The second kappa shape index (κ2) is 5.34. The first kappa shape index (κ1) is 14.7. The first-order valence-electron chi connectivity index (χ1n) is 5.95. The van der Waals surface area contributed by atoms with Crippen molar-refractivity contribution in [1.29, 1.82) is 0 Å². The Labute approximate surface area is 123 Å². The zero-order valence-electron chi connectivity index (χ0n) is 11.1. The third-order valence-corrected chi connectivity index (χ3v) is 4.61. The molecular formula is C14H15ClN2O2S. The van der Waals surface area contributed by atoms with E-state index in [-0.39, 0.29) is 4.90 Å². The summed E-state index contributed by atoms with van der Waals surface area (Å²) in [6.07, 6.45) is 0. The van der Waals surface area contributed by atoms with Crippen molar-refractivity contribution < 1.29 is 8.42 Å². The van der Waals surface area contributed by atoms with Gasteiger partial charge in [0.2, 0.25) is 0 Å². The molecule has 0 spiro atoms. The molecule has 0 amide bonds. The number of halogens is 1. The second-order valence-electron chi connectivity index (χ2n) is 4.58. The van der Waals surface area contributed by atoms with Crippen LogP contribution in [0.2, 0.25) is 5.02 Å². The molecule has 0 radical (unpaired) electrons. The van der Waals surface area contributed by atoms with Crippen molar-refractivity contribution in [1.82, 2.24) is 0 Å². The van der Waals surface area contributed by atoms with Crippen LogP contribution in [0.3, 0.4) is 0 Å². The van der Waals surface area contributed by atoms with Crippen LogP contribution in [0.15, 0.2) is 41.3 Å². The van der Waals surface area contributed by atoms with E-state index in [1.54, 1.807) is 19.1 Å². The fourth-order valence-corrected chi connectivity index (χ4v) is 3.01. The molecule has 4 nitrogen and oxygen atoms in total. The van der Waals surface area contributed by atoms with E-state index in [4.69, 9.17) is 17.3 Å². The molecule has 0 bridgehead atoms. The predicted molar refractivity (Wildman–Crippen MR) is 82.6 cm³/mol. The highest BCUT2D eigenvalue weighted by Crippen LogP contribution is 2.25. The summed E-state index contributed by atoms with van der Waals surface area (Å²) >= 11 is 5.76. The Morgan fingerprint density at radius 2 is 1.65 bits per heavy atom. The fourth-order valence-electron chi connectivity index (χ4n) is 1.77. The van der Waals surface area contributed by atoms with E-state index >= 15 is 0 Å². The molecule has 0 aliphatic carbocycles. The highest BCUT2D eigenvalue weighted by molar-refractivity contribution is 7.92. The summed E-state index contributed by atoms with van der Waals surface area (Å²) in [4.78, 5) is 0.163. The number of nitrogens with one attached hydrogen (secondary N) is 1. The minimum Gasteiger partial charge on any atom is -0.399 e. The van der Waals surface area contributed by atoms with E-state index in [1.807, 2.05) is 6.92 Å². The van der Waals surface area contributed by atoms with E-state index in [2.05, 4.69) is 4.72 Å². The number of aryl methyl sites for hydroxylation is 2. The molecule has 2 rings (SSSR count). The Morgan fingerprint density at radius 3 is 2.25 bits per heavy atom. The summed E-state index contributed by atoms with van der Waals surface area (Å²) in [5, 5.41) is 0.489. The van der Waals surface area contributed by atoms with E-state index in [9.17, 15) is 8.42 Å². The van der Waals surface area contributed by atoms with Crippen LogP contribution in [0.1, 0.15) is 11.1 Å². The molecule has 3 N–H and O–H groups in total. The summed E-state index contributed by atoms with van der Waals surface area (Å²) in [6.45, 7) is 3.63. The zero-order chi connectivity index (χ0) is 14.9. The van der Waals surface area contributed by atoms with Crippen LogP contribution in [0.25, 0.3) is 0 Å². The molecule has 0 aliphatic heterocycles. The fraction of sp³-hybridized carbons (Fsp3) is 0.143. The number of benzene rings is 2. The van der Waals surface area contributed by atoms with Crippen molar-refractivity contribution in [3.05, 3.63) is 52.5 Å². The van der Waals surface area contributed by atoms with Crippen molar-refractivity contribution in [2.24, 2.45) is 0 Å². The summed E-state index contributed by atoms with van der Waals surface area (Å²) in [5.74, 6) is 0. The molecule has 2 aromatic rings. The average molecular weight is 311 g/mol. The zero-order valence-corrected chi connectivity index (χ0v) is 12.7. The van der Waals surface area contributed by atoms with Gasteiger partial charge in [-0.25, -0.2) is 8.42 Å². The number of nitrogen functional groups attached to an aromatic ring is 1. The topological polar surface area (TPSA) is 72.2 Å². The first-order valence-corrected chi connectivity index (χ1v) is 7.81. The van der Waals surface area contributed by atoms with Crippen molar-refractivity contribution >= 4 is 33.0 Å². The highest BCUT2D eigenvalue weighted by atomic mass is 35.5. The summed E-state index contributed by atoms with van der Waals surface area (Å²) in [5.41, 5.74) is 8.54. The van der Waals surface area contributed by atoms with Crippen LogP contribution in [0.4, 0.5) is 11.4 Å². The third-order valence-electron chi connectivity index (χ3n) is 2.98. The van der Waals surface area contributed by atoms with E-state index in [0.29, 0.717) is 16.4 Å². The average Bonchev–Trinajstić information content (AvgIpc) is 2.36. The molecule has 0 fully saturated rings. The Balaban J connectivity index is 2.38. The molecule has 0 saturated carbocycles. The van der Waals surface area contributed by atoms with Gasteiger partial charge in [-0.3, -0.25) is 4.72 Å². The van der Waals surface area contributed by atoms with Crippen LogP contribution in [-0.2, 0) is 10.0 Å². The van der Waals surface area contributed by atoms with Gasteiger partial charge < -0.3 is 5.73 Å². The third kappa shape index (κ3) is 3.05. The lowest BCUT2D eigenvalue weighted by atomic mass is 10.1. The Bertz CT molecular complexity index is 741. The quantitative estimate of drug-likeness (QED) is 0.854. The van der Waals surface area contributed by atoms with Gasteiger partial charge in [-0.05, 0) is 61.4 Å². The van der Waals surface area contributed by atoms with Crippen LogP contribution < -0.4 is 10.5 Å². The van der Waals surface area contributed by atoms with Crippen LogP contribution >= 0.6 is 11.6 Å². The summed E-state index contributed by atoms with van der Waals surface area (Å²) in [6, 6.07) is 9.47. The number of hydrogen-bond acceptors (Lipinski definition) is 3. The maximum Gasteiger partial charge on any atom is 0.261 e. The normalized spacial score (nSPS) is 11.3. The van der Waals surface area contributed by atoms with E-state index in [0.717, 1.165) is 11.1 Å². The van der Waals surface area contributed by atoms with Crippen molar-refractivity contribution in [3.8, 4) is 0 Å². The molecule has 106 valence electrons. The van der Waals surface area contributed by atoms with Crippen LogP contribution in [-0.4, -0.2) is 8.42 Å². The Hall–Kier alpha value is -1.72. The Kier molecular flexibility index (Phi) is 3.92. The smallest absolute Gasteiger partial charge is 0.261 e. The van der Waals surface area contributed by atoms with Crippen LogP contribution in [0, 0.1) is 13.8 Å². The van der Waals surface area contributed by atoms with Crippen LogP contribution in [0.5, 0.6) is 0 Å². The summed E-state index contributed by atoms with van der Waals surface area (Å²) in [7, 11) is -3.63. The Morgan fingerprint density at radius 1 is 1.05 bits per heavy atom. The largest absolute Gasteiger partial charge is 0.399 e. The lowest BCUT2D eigenvalue weighted by Crippen LogP contribution is -2.14. The van der Waals surface area contributed by atoms with Gasteiger partial charge in [-0.1, -0.05) is 11.6 Å². The second-order valence-corrected chi connectivity index (χ2v) is 6.70. The molecule has 2 aromatic carbocycles. The van der Waals surface area contributed by atoms with Gasteiger partial charge in [0, 0.05) is 10.7 Å². The molecule has 0 aromatic heterocycles. The lowest BCUT2D eigenvalue weighted by Gasteiger charge is -2.12. The van der Waals surface area contributed by atoms with Gasteiger partial charge in [-0.15, -0.1) is 0 Å². The van der Waals surface area contributed by atoms with Gasteiger partial charge in [0.1, 0.15) is 0 Å². The van der Waals surface area contributed by atoms with Gasteiger partial charge in [0.05, 0.1) is 10.6 Å². The van der Waals surface area contributed by atoms with Crippen molar-refractivity contribution in [2.75, 3.05) is 10.5 Å². The van der Waals surface area contributed by atoms with Gasteiger partial charge in [0.25, 0.3) is 10.0 Å². The molecule has 20 heavy (non-hydrogen) atoms. The number of anilines is 2. The summed E-state index contributed by atoms with van der Waals surface area (Å²) < 4.78 is 27.1. The number of nitrogens with two attached hydrogens (primary N) is 1. The standard InChI is InChI=1S/C14H15ClN2O2S/c1-9-8-14(10(2)7-13(9)16)17-20(18,19)12-5-3-11(15)4-6-12/h3-8,17H,16H2,1-2H3. The first-order chi connectivity index (χ1) is 9.29. The maximum absolute atomic E-state index is 12.3. The van der Waals surface area contributed by atoms with Gasteiger partial charge in [0.15, 0.2) is 0 Å². The molecule has 0 saturated heterocycles. The minimum absolute atomic E-state index is 0.163. The minimum atomic E-state index is -3.63. The molecular weight excluding hydrogens is 296 g/mol. The maximum atomic E-state index is 12.3. The SMILES string of the molecule is Cc1cc(NS(=O)(=O)c2ccc(Cl)cc2)c(C)cc1N. The molecule has 0 heterocycles. The number of sulfonamides is 1. The van der Waals surface area contributed by atoms with Gasteiger partial charge >= 0.3 is 0 Å². The van der Waals surface area contributed by atoms with E-state index in [1.165, 1.54) is 24.3 Å².